The first-order valence-corrected chi connectivity index (χ1v) is 8.71. The van der Waals surface area contributed by atoms with Crippen molar-refractivity contribution >= 4 is 17.6 Å². The Hall–Kier alpha value is -2.08. The predicted octanol–water partition coefficient (Wildman–Crippen LogP) is 1.81. The van der Waals surface area contributed by atoms with Crippen molar-refractivity contribution in [3.63, 3.8) is 0 Å². The highest BCUT2D eigenvalue weighted by Gasteiger charge is 2.47. The summed E-state index contributed by atoms with van der Waals surface area (Å²) >= 11 is 0. The van der Waals surface area contributed by atoms with Gasteiger partial charge in [0.2, 0.25) is 5.91 Å². The number of likely N-dealkylation sites (N-methyl/N-ethyl adjacent to an activating group) is 1. The molecule has 0 bridgehead atoms. The minimum absolute atomic E-state index is 0.0882. The Bertz CT molecular complexity index is 623. The number of carbonyl (C=O) groups excluding carboxylic acids is 2. The van der Waals surface area contributed by atoms with E-state index >= 15 is 0 Å². The quantitative estimate of drug-likeness (QED) is 0.869. The lowest BCUT2D eigenvalue weighted by molar-refractivity contribution is -0.140. The summed E-state index contributed by atoms with van der Waals surface area (Å²) in [5, 5.41) is 5.95. The molecule has 1 aromatic rings. The van der Waals surface area contributed by atoms with Gasteiger partial charge < -0.3 is 15.5 Å². The topological polar surface area (TPSA) is 64.7 Å². The van der Waals surface area contributed by atoms with Gasteiger partial charge in [0, 0.05) is 31.9 Å². The van der Waals surface area contributed by atoms with E-state index in [1.165, 1.54) is 0 Å². The van der Waals surface area contributed by atoms with Crippen molar-refractivity contribution in [1.82, 2.24) is 15.1 Å². The number of urea groups is 1. The Morgan fingerprint density at radius 1 is 1.29 bits per heavy atom. The molecule has 0 atom stereocenters. The fourth-order valence-corrected chi connectivity index (χ4v) is 3.84. The number of anilines is 1. The van der Waals surface area contributed by atoms with Gasteiger partial charge in [-0.05, 0) is 44.0 Å². The van der Waals surface area contributed by atoms with Crippen LogP contribution >= 0.6 is 0 Å². The molecule has 2 saturated heterocycles. The summed E-state index contributed by atoms with van der Waals surface area (Å²) in [6.45, 7) is 7.76. The molecule has 0 aromatic heterocycles. The highest BCUT2D eigenvalue weighted by molar-refractivity contribution is 5.91. The second-order valence-corrected chi connectivity index (χ2v) is 6.65. The van der Waals surface area contributed by atoms with Crippen molar-refractivity contribution in [3.05, 3.63) is 29.8 Å². The standard InChI is InChI=1S/C18H26N4O2/c1-3-22-12-9-19-16(23)18(22)7-10-21(11-8-18)17(24)20-15-6-4-5-14(2)13-15/h4-6,13H,3,7-12H2,1-2H3,(H,19,23)(H,20,24). The largest absolute Gasteiger partial charge is 0.353 e. The molecule has 2 aliphatic rings. The molecule has 2 heterocycles. The van der Waals surface area contributed by atoms with Crippen molar-refractivity contribution in [2.75, 3.05) is 38.0 Å². The molecular weight excluding hydrogens is 304 g/mol. The van der Waals surface area contributed by atoms with Crippen molar-refractivity contribution in [3.8, 4) is 0 Å². The summed E-state index contributed by atoms with van der Waals surface area (Å²) in [6, 6.07) is 7.69. The summed E-state index contributed by atoms with van der Waals surface area (Å²) in [5.41, 5.74) is 1.49. The van der Waals surface area contributed by atoms with Crippen LogP contribution in [0.4, 0.5) is 10.5 Å². The minimum Gasteiger partial charge on any atom is -0.353 e. The predicted molar refractivity (Wildman–Crippen MR) is 94.0 cm³/mol. The molecule has 2 fully saturated rings. The maximum absolute atomic E-state index is 12.5. The lowest BCUT2D eigenvalue weighted by atomic mass is 9.83. The van der Waals surface area contributed by atoms with Crippen LogP contribution in [-0.4, -0.2) is 60.0 Å². The Balaban J connectivity index is 1.63. The Morgan fingerprint density at radius 3 is 2.71 bits per heavy atom. The maximum atomic E-state index is 12.5. The molecule has 2 aliphatic heterocycles. The third-order valence-corrected chi connectivity index (χ3v) is 5.22. The summed E-state index contributed by atoms with van der Waals surface area (Å²) in [4.78, 5) is 29.0. The van der Waals surface area contributed by atoms with Crippen molar-refractivity contribution in [2.24, 2.45) is 0 Å². The van der Waals surface area contributed by atoms with Gasteiger partial charge in [-0.2, -0.15) is 0 Å². The van der Waals surface area contributed by atoms with Crippen LogP contribution in [0, 0.1) is 6.92 Å². The molecule has 3 rings (SSSR count). The number of piperidine rings is 1. The molecule has 130 valence electrons. The number of hydrogen-bond acceptors (Lipinski definition) is 3. The molecular formula is C18H26N4O2. The van der Waals surface area contributed by atoms with Gasteiger partial charge in [0.1, 0.15) is 5.54 Å². The van der Waals surface area contributed by atoms with Gasteiger partial charge in [0.15, 0.2) is 0 Å². The van der Waals surface area contributed by atoms with E-state index in [1.807, 2.05) is 36.1 Å². The Kier molecular flexibility index (Phi) is 4.76. The average Bonchev–Trinajstić information content (AvgIpc) is 2.58. The molecule has 0 aliphatic carbocycles. The van der Waals surface area contributed by atoms with Crippen molar-refractivity contribution in [1.29, 1.82) is 0 Å². The van der Waals surface area contributed by atoms with Gasteiger partial charge in [-0.15, -0.1) is 0 Å². The number of hydrogen-bond donors (Lipinski definition) is 2. The second kappa shape index (κ2) is 6.81. The van der Waals surface area contributed by atoms with Crippen LogP contribution < -0.4 is 10.6 Å². The van der Waals surface area contributed by atoms with E-state index in [-0.39, 0.29) is 11.9 Å². The van der Waals surface area contributed by atoms with Crippen LogP contribution in [0.2, 0.25) is 0 Å². The number of nitrogens with zero attached hydrogens (tertiary/aromatic N) is 2. The molecule has 0 saturated carbocycles. The van der Waals surface area contributed by atoms with Crippen molar-refractivity contribution in [2.45, 2.75) is 32.2 Å². The van der Waals surface area contributed by atoms with Crippen molar-refractivity contribution < 1.29 is 9.59 Å². The van der Waals surface area contributed by atoms with Crippen LogP contribution in [0.1, 0.15) is 25.3 Å². The smallest absolute Gasteiger partial charge is 0.321 e. The molecule has 6 nitrogen and oxygen atoms in total. The highest BCUT2D eigenvalue weighted by Crippen LogP contribution is 2.31. The second-order valence-electron chi connectivity index (χ2n) is 6.65. The van der Waals surface area contributed by atoms with Gasteiger partial charge in [0.25, 0.3) is 0 Å². The zero-order valence-corrected chi connectivity index (χ0v) is 14.5. The minimum atomic E-state index is -0.437. The van der Waals surface area contributed by atoms with Gasteiger partial charge in [-0.3, -0.25) is 9.69 Å². The monoisotopic (exact) mass is 330 g/mol. The number of nitrogens with one attached hydrogen (secondary N) is 2. The summed E-state index contributed by atoms with van der Waals surface area (Å²) < 4.78 is 0. The number of amides is 3. The molecule has 0 radical (unpaired) electrons. The number of benzene rings is 1. The number of likely N-dealkylation sites (tertiary alicyclic amines) is 1. The van der Waals surface area contributed by atoms with E-state index in [1.54, 1.807) is 0 Å². The summed E-state index contributed by atoms with van der Waals surface area (Å²) in [5.74, 6) is 0.120. The molecule has 3 amide bonds. The first kappa shape index (κ1) is 16.8. The summed E-state index contributed by atoms with van der Waals surface area (Å²) in [7, 11) is 0. The van der Waals surface area contributed by atoms with Crippen LogP contribution in [0.3, 0.4) is 0 Å². The SMILES string of the molecule is CCN1CCNC(=O)C12CCN(C(=O)Nc1cccc(C)c1)CC2. The third-order valence-electron chi connectivity index (χ3n) is 5.22. The van der Waals surface area contributed by atoms with Gasteiger partial charge in [-0.1, -0.05) is 19.1 Å². The Labute approximate surface area is 143 Å². The van der Waals surface area contributed by atoms with Gasteiger partial charge in [-0.25, -0.2) is 4.79 Å². The first-order valence-electron chi connectivity index (χ1n) is 8.71. The molecule has 0 unspecified atom stereocenters. The number of piperazine rings is 1. The van der Waals surface area contributed by atoms with Gasteiger partial charge in [0.05, 0.1) is 0 Å². The van der Waals surface area contributed by atoms with Gasteiger partial charge >= 0.3 is 6.03 Å². The van der Waals surface area contributed by atoms with E-state index < -0.39 is 5.54 Å². The lowest BCUT2D eigenvalue weighted by Gasteiger charge is -2.49. The normalized spacial score (nSPS) is 20.8. The lowest BCUT2D eigenvalue weighted by Crippen LogP contribution is -2.68. The maximum Gasteiger partial charge on any atom is 0.321 e. The molecule has 2 N–H and O–H groups in total. The molecule has 6 heteroatoms. The van der Waals surface area contributed by atoms with E-state index in [4.69, 9.17) is 0 Å². The first-order chi connectivity index (χ1) is 11.5. The van der Waals surface area contributed by atoms with E-state index in [0.29, 0.717) is 32.5 Å². The molecule has 1 aromatic carbocycles. The molecule has 1 spiro atoms. The van der Waals surface area contributed by atoms with E-state index in [0.717, 1.165) is 24.3 Å². The van der Waals surface area contributed by atoms with Crippen LogP contribution in [0.15, 0.2) is 24.3 Å². The number of aryl methyl sites for hydroxylation is 1. The van der Waals surface area contributed by atoms with Crippen LogP contribution in [0.25, 0.3) is 0 Å². The third kappa shape index (κ3) is 3.11. The van der Waals surface area contributed by atoms with Crippen LogP contribution in [0.5, 0.6) is 0 Å². The fourth-order valence-electron chi connectivity index (χ4n) is 3.84. The number of rotatable bonds is 2. The Morgan fingerprint density at radius 2 is 2.04 bits per heavy atom. The molecule has 24 heavy (non-hydrogen) atoms. The summed E-state index contributed by atoms with van der Waals surface area (Å²) in [6.07, 6.45) is 1.38. The zero-order valence-electron chi connectivity index (χ0n) is 14.5. The highest BCUT2D eigenvalue weighted by atomic mass is 16.2. The fraction of sp³-hybridized carbons (Fsp3) is 0.556. The number of carbonyl (C=O) groups is 2. The average molecular weight is 330 g/mol. The van der Waals surface area contributed by atoms with E-state index in [2.05, 4.69) is 22.5 Å². The zero-order chi connectivity index (χ0) is 17.2. The van der Waals surface area contributed by atoms with E-state index in [9.17, 15) is 9.59 Å². The van der Waals surface area contributed by atoms with Crippen LogP contribution in [-0.2, 0) is 4.79 Å².